The third-order valence-electron chi connectivity index (χ3n) is 1.64. The molecule has 1 heterocycles. The van der Waals surface area contributed by atoms with E-state index in [1.807, 2.05) is 41.1 Å². The molecule has 3 heteroatoms. The lowest BCUT2D eigenvalue weighted by Gasteiger charge is -2.01. The van der Waals surface area contributed by atoms with Crippen LogP contribution in [0.25, 0.3) is 5.69 Å². The molecule has 0 aliphatic carbocycles. The lowest BCUT2D eigenvalue weighted by atomic mass is 10.3. The van der Waals surface area contributed by atoms with Crippen molar-refractivity contribution in [3.05, 3.63) is 42.7 Å². The van der Waals surface area contributed by atoms with Gasteiger partial charge in [-0.3, -0.25) is 4.57 Å². The van der Waals surface area contributed by atoms with Gasteiger partial charge in [0, 0.05) is 18.1 Å². The van der Waals surface area contributed by atoms with Crippen molar-refractivity contribution >= 4 is 12.6 Å². The monoisotopic (exact) mass is 175 g/mol. The maximum absolute atomic E-state index is 5.02. The molecule has 2 rings (SSSR count). The molecule has 1 radical (unpaired) electrons. The molecule has 1 aromatic heterocycles. The van der Waals surface area contributed by atoms with Crippen LogP contribution in [0.3, 0.4) is 0 Å². The SMILES string of the molecule is [S]c1nccn1-c1ccccc1. The highest BCUT2D eigenvalue weighted by Gasteiger charge is 1.98. The van der Waals surface area contributed by atoms with Crippen molar-refractivity contribution in [2.45, 2.75) is 5.16 Å². The molecule has 0 unspecified atom stereocenters. The van der Waals surface area contributed by atoms with Crippen molar-refractivity contribution in [2.75, 3.05) is 0 Å². The third kappa shape index (κ3) is 1.19. The topological polar surface area (TPSA) is 17.8 Å². The van der Waals surface area contributed by atoms with Crippen molar-refractivity contribution in [1.82, 2.24) is 9.55 Å². The van der Waals surface area contributed by atoms with Crippen LogP contribution in [0.5, 0.6) is 0 Å². The fourth-order valence-electron chi connectivity index (χ4n) is 1.07. The molecule has 0 N–H and O–H groups in total. The predicted octanol–water partition coefficient (Wildman–Crippen LogP) is 2.43. The van der Waals surface area contributed by atoms with Crippen LogP contribution in [0.2, 0.25) is 0 Å². The first-order valence-electron chi connectivity index (χ1n) is 3.64. The molecule has 0 fully saturated rings. The van der Waals surface area contributed by atoms with Crippen molar-refractivity contribution < 1.29 is 0 Å². The van der Waals surface area contributed by atoms with Gasteiger partial charge in [0.05, 0.1) is 0 Å². The zero-order chi connectivity index (χ0) is 8.39. The van der Waals surface area contributed by atoms with Gasteiger partial charge in [0.1, 0.15) is 0 Å². The molecule has 0 atom stereocenters. The molecule has 0 amide bonds. The Balaban J connectivity index is 2.51. The van der Waals surface area contributed by atoms with E-state index >= 15 is 0 Å². The van der Waals surface area contributed by atoms with E-state index in [2.05, 4.69) is 4.98 Å². The Morgan fingerprint density at radius 3 is 2.50 bits per heavy atom. The summed E-state index contributed by atoms with van der Waals surface area (Å²) in [7, 11) is 0. The van der Waals surface area contributed by atoms with Gasteiger partial charge in [0.25, 0.3) is 0 Å². The van der Waals surface area contributed by atoms with Crippen LogP contribution >= 0.6 is 12.6 Å². The summed E-state index contributed by atoms with van der Waals surface area (Å²) >= 11 is 5.02. The molecular weight excluding hydrogens is 168 g/mol. The number of nitrogens with zero attached hydrogens (tertiary/aromatic N) is 2. The second-order valence-electron chi connectivity index (χ2n) is 2.42. The number of imidazole rings is 1. The van der Waals surface area contributed by atoms with Crippen LogP contribution in [0, 0.1) is 0 Å². The second kappa shape index (κ2) is 2.95. The summed E-state index contributed by atoms with van der Waals surface area (Å²) in [6.07, 6.45) is 3.56. The Labute approximate surface area is 76.3 Å². The van der Waals surface area contributed by atoms with Gasteiger partial charge in [-0.15, -0.1) is 0 Å². The Hall–Kier alpha value is -1.35. The highest BCUT2D eigenvalue weighted by atomic mass is 32.1. The van der Waals surface area contributed by atoms with Gasteiger partial charge in [0.2, 0.25) is 5.16 Å². The molecule has 0 spiro atoms. The van der Waals surface area contributed by atoms with E-state index in [4.69, 9.17) is 12.6 Å². The quantitative estimate of drug-likeness (QED) is 0.651. The lowest BCUT2D eigenvalue weighted by molar-refractivity contribution is 0.901. The molecule has 2 nitrogen and oxygen atoms in total. The average Bonchev–Trinajstić information content (AvgIpc) is 2.53. The summed E-state index contributed by atoms with van der Waals surface area (Å²) < 4.78 is 1.87. The van der Waals surface area contributed by atoms with Crippen LogP contribution in [0.4, 0.5) is 0 Å². The van der Waals surface area contributed by atoms with Crippen LogP contribution < -0.4 is 0 Å². The summed E-state index contributed by atoms with van der Waals surface area (Å²) in [5, 5.41) is 0.598. The Bertz CT molecular complexity index is 367. The fourth-order valence-corrected chi connectivity index (χ4v) is 1.30. The maximum atomic E-state index is 5.02. The van der Waals surface area contributed by atoms with Gasteiger partial charge < -0.3 is 0 Å². The minimum absolute atomic E-state index is 0.598. The highest BCUT2D eigenvalue weighted by molar-refractivity contribution is 7.80. The minimum atomic E-state index is 0.598. The molecule has 0 aliphatic rings. The fraction of sp³-hybridized carbons (Fsp3) is 0. The van der Waals surface area contributed by atoms with E-state index in [0.717, 1.165) is 5.69 Å². The van der Waals surface area contributed by atoms with Crippen molar-refractivity contribution in [1.29, 1.82) is 0 Å². The van der Waals surface area contributed by atoms with Crippen molar-refractivity contribution in [3.8, 4) is 5.69 Å². The van der Waals surface area contributed by atoms with Gasteiger partial charge in [-0.25, -0.2) is 4.98 Å². The van der Waals surface area contributed by atoms with Crippen LogP contribution in [0.15, 0.2) is 47.9 Å². The summed E-state index contributed by atoms with van der Waals surface area (Å²) in [5.41, 5.74) is 1.06. The number of hydrogen-bond donors (Lipinski definition) is 0. The number of rotatable bonds is 1. The van der Waals surface area contributed by atoms with Gasteiger partial charge in [-0.2, -0.15) is 0 Å². The summed E-state index contributed by atoms with van der Waals surface area (Å²) in [6.45, 7) is 0. The van der Waals surface area contributed by atoms with Crippen molar-refractivity contribution in [3.63, 3.8) is 0 Å². The Kier molecular flexibility index (Phi) is 1.80. The van der Waals surface area contributed by atoms with Crippen LogP contribution in [0.1, 0.15) is 0 Å². The zero-order valence-electron chi connectivity index (χ0n) is 6.34. The predicted molar refractivity (Wildman–Crippen MR) is 49.4 cm³/mol. The normalized spacial score (nSPS) is 10.0. The van der Waals surface area contributed by atoms with Gasteiger partial charge in [0.15, 0.2) is 0 Å². The van der Waals surface area contributed by atoms with Gasteiger partial charge in [-0.1, -0.05) is 18.2 Å². The smallest absolute Gasteiger partial charge is 0.204 e. The number of aromatic nitrogens is 2. The van der Waals surface area contributed by atoms with Crippen molar-refractivity contribution in [2.24, 2.45) is 0 Å². The molecule has 0 aliphatic heterocycles. The highest BCUT2D eigenvalue weighted by Crippen LogP contribution is 2.11. The molecular formula is C9H7N2S. The second-order valence-corrected chi connectivity index (χ2v) is 2.78. The minimum Gasteiger partial charge on any atom is -0.291 e. The molecule has 2 aromatic rings. The third-order valence-corrected chi connectivity index (χ3v) is 1.94. The summed E-state index contributed by atoms with van der Waals surface area (Å²) in [5.74, 6) is 0. The van der Waals surface area contributed by atoms with E-state index in [1.54, 1.807) is 6.20 Å². The standard InChI is InChI=1S/C9H7N2S/c12-9-10-6-7-11(9)8-4-2-1-3-5-8/h1-7H. The molecule has 12 heavy (non-hydrogen) atoms. The largest absolute Gasteiger partial charge is 0.291 e. The van der Waals surface area contributed by atoms with E-state index < -0.39 is 0 Å². The van der Waals surface area contributed by atoms with Gasteiger partial charge in [-0.05, 0) is 24.8 Å². The number of benzene rings is 1. The first-order chi connectivity index (χ1) is 5.88. The Morgan fingerprint density at radius 1 is 1.17 bits per heavy atom. The van der Waals surface area contributed by atoms with Crippen LogP contribution in [-0.2, 0) is 0 Å². The first kappa shape index (κ1) is 7.31. The Morgan fingerprint density at radius 2 is 1.92 bits per heavy atom. The molecule has 0 saturated carbocycles. The molecule has 1 aromatic carbocycles. The molecule has 59 valence electrons. The van der Waals surface area contributed by atoms with Crippen LogP contribution in [-0.4, -0.2) is 9.55 Å². The van der Waals surface area contributed by atoms with Gasteiger partial charge >= 0.3 is 0 Å². The number of hydrogen-bond acceptors (Lipinski definition) is 1. The zero-order valence-corrected chi connectivity index (χ0v) is 7.16. The van der Waals surface area contributed by atoms with E-state index in [1.165, 1.54) is 0 Å². The lowest BCUT2D eigenvalue weighted by Crippen LogP contribution is -1.91. The molecule has 0 bridgehead atoms. The van der Waals surface area contributed by atoms with E-state index in [9.17, 15) is 0 Å². The summed E-state index contributed by atoms with van der Waals surface area (Å²) in [4.78, 5) is 3.97. The number of para-hydroxylation sites is 1. The first-order valence-corrected chi connectivity index (χ1v) is 4.04. The maximum Gasteiger partial charge on any atom is 0.204 e. The summed E-state index contributed by atoms with van der Waals surface area (Å²) in [6, 6.07) is 9.92. The molecule has 0 saturated heterocycles. The average molecular weight is 175 g/mol. The van der Waals surface area contributed by atoms with E-state index in [-0.39, 0.29) is 0 Å². The van der Waals surface area contributed by atoms with E-state index in [0.29, 0.717) is 5.16 Å².